The second-order valence-electron chi connectivity index (χ2n) is 6.57. The first-order valence-electron chi connectivity index (χ1n) is 9.61. The Bertz CT molecular complexity index is 847. The van der Waals surface area contributed by atoms with Crippen molar-refractivity contribution in [1.29, 1.82) is 0 Å². The third kappa shape index (κ3) is 6.69. The highest BCUT2D eigenvalue weighted by molar-refractivity contribution is 5.71. The van der Waals surface area contributed by atoms with Crippen LogP contribution >= 0.6 is 0 Å². The molecule has 1 aromatic carbocycles. The van der Waals surface area contributed by atoms with Gasteiger partial charge < -0.3 is 9.47 Å². The van der Waals surface area contributed by atoms with Crippen molar-refractivity contribution >= 4 is 5.97 Å². The zero-order valence-corrected chi connectivity index (χ0v) is 16.5. The fourth-order valence-corrected chi connectivity index (χ4v) is 3.02. The summed E-state index contributed by atoms with van der Waals surface area (Å²) in [5.41, 5.74) is 3.26. The molecule has 0 amide bonds. The zero-order valence-electron chi connectivity index (χ0n) is 16.5. The van der Waals surface area contributed by atoms with Gasteiger partial charge in [0.1, 0.15) is 5.75 Å². The number of rotatable bonds is 10. The Morgan fingerprint density at radius 1 is 0.897 bits per heavy atom. The summed E-state index contributed by atoms with van der Waals surface area (Å²) < 4.78 is 10.7. The van der Waals surface area contributed by atoms with Gasteiger partial charge in [-0.15, -0.1) is 0 Å². The Morgan fingerprint density at radius 3 is 2.14 bits per heavy atom. The molecule has 0 unspecified atom stereocenters. The summed E-state index contributed by atoms with van der Waals surface area (Å²) in [5, 5.41) is 0. The molecule has 2 aromatic heterocycles. The number of pyridine rings is 2. The zero-order chi connectivity index (χ0) is 20.3. The van der Waals surface area contributed by atoms with Crippen LogP contribution in [0.3, 0.4) is 0 Å². The van der Waals surface area contributed by atoms with Crippen molar-refractivity contribution < 1.29 is 14.3 Å². The first-order valence-corrected chi connectivity index (χ1v) is 9.61. The summed E-state index contributed by atoms with van der Waals surface area (Å²) in [6, 6.07) is 15.8. The Hall–Kier alpha value is -3.25. The molecule has 2 heterocycles. The number of hydrogen-bond acceptors (Lipinski definition) is 6. The smallest absolute Gasteiger partial charge is 0.344 e. The van der Waals surface area contributed by atoms with E-state index in [0.717, 1.165) is 29.8 Å². The summed E-state index contributed by atoms with van der Waals surface area (Å²) in [4.78, 5) is 22.4. The molecule has 0 saturated heterocycles. The molecule has 0 aliphatic rings. The predicted molar refractivity (Wildman–Crippen MR) is 110 cm³/mol. The third-order valence-corrected chi connectivity index (χ3v) is 4.28. The van der Waals surface area contributed by atoms with Gasteiger partial charge in [0.05, 0.1) is 6.61 Å². The van der Waals surface area contributed by atoms with E-state index in [1.807, 2.05) is 48.8 Å². The number of benzene rings is 1. The average molecular weight is 391 g/mol. The van der Waals surface area contributed by atoms with Crippen molar-refractivity contribution in [3.63, 3.8) is 0 Å². The second-order valence-corrected chi connectivity index (χ2v) is 6.57. The van der Waals surface area contributed by atoms with Crippen molar-refractivity contribution in [2.24, 2.45) is 0 Å². The highest BCUT2D eigenvalue weighted by Gasteiger charge is 2.13. The van der Waals surface area contributed by atoms with Crippen LogP contribution < -0.4 is 4.74 Å². The standard InChI is InChI=1S/C23H25N3O3/c1-2-28-23(27)18-29-22-10-4-3-9-21(22)17-26(15-19-7-5-11-24-13-19)16-20-8-6-12-25-14-20/h3-14H,2,15-18H2,1H3. The maximum absolute atomic E-state index is 11.7. The maximum atomic E-state index is 11.7. The largest absolute Gasteiger partial charge is 0.482 e. The number of carbonyl (C=O) groups is 1. The Morgan fingerprint density at radius 2 is 1.55 bits per heavy atom. The highest BCUT2D eigenvalue weighted by Crippen LogP contribution is 2.22. The normalized spacial score (nSPS) is 10.7. The van der Waals surface area contributed by atoms with Crippen LogP contribution in [0.2, 0.25) is 0 Å². The number of esters is 1. The number of ether oxygens (including phenoxy) is 2. The fraction of sp³-hybridized carbons (Fsp3) is 0.261. The molecule has 150 valence electrons. The second kappa shape index (κ2) is 10.9. The van der Waals surface area contributed by atoms with Crippen LogP contribution in [0.25, 0.3) is 0 Å². The molecule has 6 nitrogen and oxygen atoms in total. The Labute approximate surface area is 171 Å². The van der Waals surface area contributed by atoms with Crippen LogP contribution in [0.4, 0.5) is 0 Å². The van der Waals surface area contributed by atoms with E-state index in [4.69, 9.17) is 9.47 Å². The number of para-hydroxylation sites is 1. The molecule has 0 fully saturated rings. The lowest BCUT2D eigenvalue weighted by Gasteiger charge is -2.23. The minimum Gasteiger partial charge on any atom is -0.482 e. The summed E-state index contributed by atoms with van der Waals surface area (Å²) in [5.74, 6) is 0.313. The maximum Gasteiger partial charge on any atom is 0.344 e. The van der Waals surface area contributed by atoms with Crippen molar-refractivity contribution in [2.45, 2.75) is 26.6 Å². The van der Waals surface area contributed by atoms with Gasteiger partial charge in [-0.2, -0.15) is 0 Å². The van der Waals surface area contributed by atoms with Gasteiger partial charge in [-0.25, -0.2) is 4.79 Å². The number of hydrogen-bond donors (Lipinski definition) is 0. The first kappa shape index (κ1) is 20.5. The van der Waals surface area contributed by atoms with Crippen LogP contribution in [-0.2, 0) is 29.2 Å². The minimum atomic E-state index is -0.370. The van der Waals surface area contributed by atoms with Crippen LogP contribution in [0.15, 0.2) is 73.3 Å². The molecule has 0 bridgehead atoms. The van der Waals surface area contributed by atoms with E-state index in [-0.39, 0.29) is 12.6 Å². The molecule has 0 aliphatic carbocycles. The predicted octanol–water partition coefficient (Wildman–Crippen LogP) is 3.62. The van der Waals surface area contributed by atoms with Gasteiger partial charge in [-0.3, -0.25) is 14.9 Å². The molecule has 0 N–H and O–H groups in total. The summed E-state index contributed by atoms with van der Waals surface area (Å²) >= 11 is 0. The van der Waals surface area contributed by atoms with E-state index in [2.05, 4.69) is 27.0 Å². The molecule has 3 aromatic rings. The van der Waals surface area contributed by atoms with Gasteiger partial charge in [0.15, 0.2) is 6.61 Å². The number of carbonyl (C=O) groups excluding carboxylic acids is 1. The lowest BCUT2D eigenvalue weighted by atomic mass is 10.1. The molecular formula is C23H25N3O3. The van der Waals surface area contributed by atoms with Crippen LogP contribution in [0, 0.1) is 0 Å². The summed E-state index contributed by atoms with van der Waals surface area (Å²) in [7, 11) is 0. The van der Waals surface area contributed by atoms with Crippen LogP contribution in [0.1, 0.15) is 23.6 Å². The lowest BCUT2D eigenvalue weighted by Crippen LogP contribution is -2.23. The average Bonchev–Trinajstić information content (AvgIpc) is 2.75. The molecule has 0 spiro atoms. The molecule has 0 aliphatic heterocycles. The molecule has 0 atom stereocenters. The van der Waals surface area contributed by atoms with Gasteiger partial charge in [0, 0.05) is 50.0 Å². The van der Waals surface area contributed by atoms with Crippen LogP contribution in [0.5, 0.6) is 5.75 Å². The topological polar surface area (TPSA) is 64.6 Å². The van der Waals surface area contributed by atoms with E-state index in [1.165, 1.54) is 0 Å². The number of nitrogens with zero attached hydrogens (tertiary/aromatic N) is 3. The van der Waals surface area contributed by atoms with Gasteiger partial charge >= 0.3 is 5.97 Å². The van der Waals surface area contributed by atoms with Gasteiger partial charge in [0.25, 0.3) is 0 Å². The lowest BCUT2D eigenvalue weighted by molar-refractivity contribution is -0.145. The molecule has 6 heteroatoms. The van der Waals surface area contributed by atoms with Gasteiger partial charge in [0.2, 0.25) is 0 Å². The molecule has 29 heavy (non-hydrogen) atoms. The number of aromatic nitrogens is 2. The molecule has 0 radical (unpaired) electrons. The van der Waals surface area contributed by atoms with Gasteiger partial charge in [-0.1, -0.05) is 30.3 Å². The van der Waals surface area contributed by atoms with Gasteiger partial charge in [-0.05, 0) is 36.2 Å². The van der Waals surface area contributed by atoms with E-state index in [1.54, 1.807) is 19.3 Å². The van der Waals surface area contributed by atoms with Crippen molar-refractivity contribution in [1.82, 2.24) is 14.9 Å². The quantitative estimate of drug-likeness (QED) is 0.492. The van der Waals surface area contributed by atoms with Crippen molar-refractivity contribution in [3.8, 4) is 5.75 Å². The van der Waals surface area contributed by atoms with Crippen molar-refractivity contribution in [2.75, 3.05) is 13.2 Å². The Balaban J connectivity index is 1.75. The van der Waals surface area contributed by atoms with E-state index in [0.29, 0.717) is 18.9 Å². The highest BCUT2D eigenvalue weighted by atomic mass is 16.6. The Kier molecular flexibility index (Phi) is 7.72. The first-order chi connectivity index (χ1) is 14.2. The minimum absolute atomic E-state index is 0.101. The SMILES string of the molecule is CCOC(=O)COc1ccccc1CN(Cc1cccnc1)Cc1cccnc1. The fourth-order valence-electron chi connectivity index (χ4n) is 3.02. The van der Waals surface area contributed by atoms with E-state index < -0.39 is 0 Å². The summed E-state index contributed by atoms with van der Waals surface area (Å²) in [6.07, 6.45) is 7.29. The van der Waals surface area contributed by atoms with Crippen LogP contribution in [-0.4, -0.2) is 34.1 Å². The van der Waals surface area contributed by atoms with E-state index in [9.17, 15) is 4.79 Å². The molecule has 3 rings (SSSR count). The summed E-state index contributed by atoms with van der Waals surface area (Å²) in [6.45, 7) is 4.14. The molecule has 0 saturated carbocycles. The molecular weight excluding hydrogens is 366 g/mol. The third-order valence-electron chi connectivity index (χ3n) is 4.28. The van der Waals surface area contributed by atoms with Crippen molar-refractivity contribution in [3.05, 3.63) is 90.0 Å². The van der Waals surface area contributed by atoms with E-state index >= 15 is 0 Å². The monoisotopic (exact) mass is 391 g/mol.